The SMILES string of the molecule is CC[C@@H](Sc1ncc(S(=O)(=O)c2ccc(Cl)cc2)c(=O)[nH]1)C(=O)Nc1ccc(OC)cc1. The van der Waals surface area contributed by atoms with E-state index in [4.69, 9.17) is 16.3 Å². The molecule has 168 valence electrons. The number of methoxy groups -OCH3 is 1. The van der Waals surface area contributed by atoms with E-state index in [1.165, 1.54) is 24.3 Å². The molecule has 0 unspecified atom stereocenters. The number of aromatic amines is 1. The van der Waals surface area contributed by atoms with Gasteiger partial charge in [-0.25, -0.2) is 13.4 Å². The number of rotatable bonds is 8. The van der Waals surface area contributed by atoms with Crippen LogP contribution in [0.1, 0.15) is 13.3 Å². The van der Waals surface area contributed by atoms with Crippen molar-refractivity contribution in [3.63, 3.8) is 0 Å². The van der Waals surface area contributed by atoms with Gasteiger partial charge < -0.3 is 15.0 Å². The smallest absolute Gasteiger partial charge is 0.270 e. The number of nitrogens with zero attached hydrogens (tertiary/aromatic N) is 1. The Labute approximate surface area is 194 Å². The number of sulfone groups is 1. The van der Waals surface area contributed by atoms with Crippen LogP contribution in [0.25, 0.3) is 0 Å². The van der Waals surface area contributed by atoms with E-state index in [1.54, 1.807) is 31.4 Å². The van der Waals surface area contributed by atoms with Crippen LogP contribution in [0.3, 0.4) is 0 Å². The molecule has 0 bridgehead atoms. The van der Waals surface area contributed by atoms with E-state index in [2.05, 4.69) is 15.3 Å². The average Bonchev–Trinajstić information content (AvgIpc) is 2.78. The Kier molecular flexibility index (Phi) is 7.60. The van der Waals surface area contributed by atoms with E-state index in [-0.39, 0.29) is 16.0 Å². The number of nitrogens with one attached hydrogen (secondary N) is 2. The third kappa shape index (κ3) is 5.50. The molecular formula is C21H20ClN3O5S2. The molecule has 0 aliphatic heterocycles. The maximum absolute atomic E-state index is 12.7. The minimum atomic E-state index is -4.06. The van der Waals surface area contributed by atoms with Crippen molar-refractivity contribution in [2.75, 3.05) is 12.4 Å². The molecular weight excluding hydrogens is 474 g/mol. The first kappa shape index (κ1) is 23.8. The highest BCUT2D eigenvalue weighted by molar-refractivity contribution is 8.00. The van der Waals surface area contributed by atoms with Crippen LogP contribution in [0.5, 0.6) is 5.75 Å². The second-order valence-corrected chi connectivity index (χ2v) is 10.1. The first-order chi connectivity index (χ1) is 15.2. The Morgan fingerprint density at radius 1 is 1.19 bits per heavy atom. The van der Waals surface area contributed by atoms with Crippen molar-refractivity contribution in [1.29, 1.82) is 0 Å². The third-order valence-corrected chi connectivity index (χ3v) is 7.71. The van der Waals surface area contributed by atoms with Gasteiger partial charge in [-0.2, -0.15) is 0 Å². The molecule has 8 nitrogen and oxygen atoms in total. The summed E-state index contributed by atoms with van der Waals surface area (Å²) < 4.78 is 30.6. The standard InChI is InChI=1S/C21H20ClN3O5S2/c1-3-17(19(26)24-14-6-8-15(30-2)9-7-14)31-21-23-12-18(20(27)25-21)32(28,29)16-10-4-13(22)5-11-16/h4-12,17H,3H2,1-2H3,(H,24,26)(H,23,25,27)/t17-/m1/s1. The monoisotopic (exact) mass is 493 g/mol. The van der Waals surface area contributed by atoms with E-state index < -0.39 is 25.5 Å². The fraction of sp³-hybridized carbons (Fsp3) is 0.190. The Morgan fingerprint density at radius 2 is 1.84 bits per heavy atom. The van der Waals surface area contributed by atoms with Crippen LogP contribution in [0, 0.1) is 0 Å². The average molecular weight is 494 g/mol. The van der Waals surface area contributed by atoms with Gasteiger partial charge in [0.1, 0.15) is 5.75 Å². The lowest BCUT2D eigenvalue weighted by atomic mass is 10.2. The minimum Gasteiger partial charge on any atom is -0.497 e. The van der Waals surface area contributed by atoms with E-state index >= 15 is 0 Å². The fourth-order valence-electron chi connectivity index (χ4n) is 2.71. The zero-order chi connectivity index (χ0) is 23.3. The lowest BCUT2D eigenvalue weighted by molar-refractivity contribution is -0.115. The van der Waals surface area contributed by atoms with Gasteiger partial charge in [-0.05, 0) is 55.0 Å². The van der Waals surface area contributed by atoms with Gasteiger partial charge >= 0.3 is 0 Å². The van der Waals surface area contributed by atoms with Gasteiger partial charge in [0.05, 0.1) is 23.5 Å². The normalized spacial score (nSPS) is 12.2. The maximum Gasteiger partial charge on any atom is 0.270 e. The number of hydrogen-bond acceptors (Lipinski definition) is 7. The van der Waals surface area contributed by atoms with Gasteiger partial charge in [-0.3, -0.25) is 9.59 Å². The van der Waals surface area contributed by atoms with Gasteiger partial charge in [-0.15, -0.1) is 0 Å². The predicted octanol–water partition coefficient (Wildman–Crippen LogP) is 3.77. The molecule has 1 atom stereocenters. The summed E-state index contributed by atoms with van der Waals surface area (Å²) in [7, 11) is -2.51. The van der Waals surface area contributed by atoms with Crippen LogP contribution in [0.15, 0.2) is 74.5 Å². The van der Waals surface area contributed by atoms with Crippen molar-refractivity contribution in [2.24, 2.45) is 0 Å². The number of anilines is 1. The number of H-pyrrole nitrogens is 1. The van der Waals surface area contributed by atoms with Gasteiger partial charge in [0.25, 0.3) is 5.56 Å². The molecule has 0 aliphatic rings. The zero-order valence-electron chi connectivity index (χ0n) is 17.2. The highest BCUT2D eigenvalue weighted by Gasteiger charge is 2.24. The molecule has 3 rings (SSSR count). The van der Waals surface area contributed by atoms with Gasteiger partial charge in [0.15, 0.2) is 10.1 Å². The summed E-state index contributed by atoms with van der Waals surface area (Å²) in [6.45, 7) is 1.82. The molecule has 1 heterocycles. The van der Waals surface area contributed by atoms with Crippen molar-refractivity contribution in [2.45, 2.75) is 33.5 Å². The topological polar surface area (TPSA) is 118 Å². The Morgan fingerprint density at radius 3 is 2.41 bits per heavy atom. The Balaban J connectivity index is 1.76. The molecule has 11 heteroatoms. The van der Waals surface area contributed by atoms with Gasteiger partial charge in [0, 0.05) is 10.7 Å². The number of thioether (sulfide) groups is 1. The number of carbonyl (C=O) groups is 1. The van der Waals surface area contributed by atoms with Crippen molar-refractivity contribution < 1.29 is 17.9 Å². The maximum atomic E-state index is 12.7. The molecule has 0 radical (unpaired) electrons. The summed E-state index contributed by atoms with van der Waals surface area (Å²) in [4.78, 5) is 31.1. The quantitative estimate of drug-likeness (QED) is 0.362. The predicted molar refractivity (Wildman–Crippen MR) is 123 cm³/mol. The highest BCUT2D eigenvalue weighted by atomic mass is 35.5. The molecule has 32 heavy (non-hydrogen) atoms. The van der Waals surface area contributed by atoms with E-state index in [9.17, 15) is 18.0 Å². The van der Waals surface area contributed by atoms with Crippen molar-refractivity contribution in [3.8, 4) is 5.75 Å². The zero-order valence-corrected chi connectivity index (χ0v) is 19.6. The first-order valence-corrected chi connectivity index (χ1v) is 12.2. The number of halogens is 1. The number of ether oxygens (including phenoxy) is 1. The molecule has 0 aliphatic carbocycles. The summed E-state index contributed by atoms with van der Waals surface area (Å²) in [5.74, 6) is 0.392. The molecule has 0 saturated heterocycles. The van der Waals surface area contributed by atoms with Crippen LogP contribution < -0.4 is 15.6 Å². The second kappa shape index (κ2) is 10.2. The number of benzene rings is 2. The lowest BCUT2D eigenvalue weighted by Gasteiger charge is -2.14. The third-order valence-electron chi connectivity index (χ3n) is 4.43. The summed E-state index contributed by atoms with van der Waals surface area (Å²) in [5, 5.41) is 2.76. The molecule has 0 saturated carbocycles. The van der Waals surface area contributed by atoms with E-state index in [0.717, 1.165) is 18.0 Å². The first-order valence-electron chi connectivity index (χ1n) is 9.46. The van der Waals surface area contributed by atoms with Crippen LogP contribution in [-0.4, -0.2) is 36.7 Å². The molecule has 0 spiro atoms. The Hall–Kier alpha value is -2.82. The summed E-state index contributed by atoms with van der Waals surface area (Å²) in [5.41, 5.74) is -0.219. The fourth-order valence-corrected chi connectivity index (χ4v) is 4.94. The van der Waals surface area contributed by atoms with Crippen LogP contribution in [0.2, 0.25) is 5.02 Å². The van der Waals surface area contributed by atoms with E-state index in [1.807, 2.05) is 6.92 Å². The lowest BCUT2D eigenvalue weighted by Crippen LogP contribution is -2.26. The number of aromatic nitrogens is 2. The van der Waals surface area contributed by atoms with E-state index in [0.29, 0.717) is 22.9 Å². The molecule has 0 fully saturated rings. The Bertz CT molecular complexity index is 1260. The second-order valence-electron chi connectivity index (χ2n) is 6.57. The van der Waals surface area contributed by atoms with Crippen LogP contribution in [0.4, 0.5) is 5.69 Å². The summed E-state index contributed by atoms with van der Waals surface area (Å²) in [6, 6.07) is 12.4. The van der Waals surface area contributed by atoms with Crippen molar-refractivity contribution >= 4 is 44.8 Å². The number of amides is 1. The highest BCUT2D eigenvalue weighted by Crippen LogP contribution is 2.25. The largest absolute Gasteiger partial charge is 0.497 e. The van der Waals surface area contributed by atoms with Crippen molar-refractivity contribution in [3.05, 3.63) is 70.1 Å². The molecule has 1 amide bonds. The summed E-state index contributed by atoms with van der Waals surface area (Å²) in [6.07, 6.45) is 1.46. The molecule has 3 aromatic rings. The minimum absolute atomic E-state index is 0.0695. The number of carbonyl (C=O) groups excluding carboxylic acids is 1. The number of hydrogen-bond donors (Lipinski definition) is 2. The van der Waals surface area contributed by atoms with Crippen LogP contribution >= 0.6 is 23.4 Å². The molecule has 2 aromatic carbocycles. The van der Waals surface area contributed by atoms with Crippen molar-refractivity contribution in [1.82, 2.24) is 9.97 Å². The van der Waals surface area contributed by atoms with Gasteiger partial charge in [0.2, 0.25) is 15.7 Å². The molecule has 2 N–H and O–H groups in total. The summed E-state index contributed by atoms with van der Waals surface area (Å²) >= 11 is 6.84. The van der Waals surface area contributed by atoms with Crippen LogP contribution in [-0.2, 0) is 14.6 Å². The van der Waals surface area contributed by atoms with Gasteiger partial charge in [-0.1, -0.05) is 30.3 Å². The molecule has 1 aromatic heterocycles.